The summed E-state index contributed by atoms with van der Waals surface area (Å²) in [5, 5.41) is 9.86. The zero-order valence-corrected chi connectivity index (χ0v) is 20.3. The molecule has 1 saturated heterocycles. The third kappa shape index (κ3) is 4.13. The molecular formula is C27H27N7O2. The Labute approximate surface area is 208 Å². The van der Waals surface area contributed by atoms with E-state index in [2.05, 4.69) is 32.2 Å². The lowest BCUT2D eigenvalue weighted by molar-refractivity contribution is 0.0681. The maximum Gasteiger partial charge on any atom is 0.410 e. The average molecular weight is 482 g/mol. The quantitative estimate of drug-likeness (QED) is 0.381. The van der Waals surface area contributed by atoms with E-state index in [-0.39, 0.29) is 12.2 Å². The first-order valence-electron chi connectivity index (χ1n) is 12.1. The van der Waals surface area contributed by atoms with Crippen molar-refractivity contribution in [3.05, 3.63) is 79.0 Å². The molecule has 1 unspecified atom stereocenters. The van der Waals surface area contributed by atoms with E-state index in [1.54, 1.807) is 15.8 Å². The summed E-state index contributed by atoms with van der Waals surface area (Å²) in [7, 11) is 1.91. The van der Waals surface area contributed by atoms with Crippen molar-refractivity contribution in [2.45, 2.75) is 13.0 Å². The fourth-order valence-electron chi connectivity index (χ4n) is 4.73. The number of aromatic nitrogens is 5. The second-order valence-electron chi connectivity index (χ2n) is 9.14. The Bertz CT molecular complexity index is 1550. The van der Waals surface area contributed by atoms with E-state index < -0.39 is 0 Å². The first kappa shape index (κ1) is 22.1. The molecule has 4 aromatic heterocycles. The number of amides is 1. The van der Waals surface area contributed by atoms with Crippen molar-refractivity contribution in [2.24, 2.45) is 7.05 Å². The second kappa shape index (κ2) is 8.99. The van der Waals surface area contributed by atoms with E-state index in [1.165, 1.54) is 0 Å². The molecule has 0 N–H and O–H groups in total. The molecule has 36 heavy (non-hydrogen) atoms. The Morgan fingerprint density at radius 2 is 1.83 bits per heavy atom. The minimum absolute atomic E-state index is 0.283. The van der Waals surface area contributed by atoms with E-state index in [9.17, 15) is 4.79 Å². The summed E-state index contributed by atoms with van der Waals surface area (Å²) < 4.78 is 9.49. The number of benzene rings is 1. The minimum atomic E-state index is -0.339. The molecule has 5 aromatic rings. The van der Waals surface area contributed by atoms with Crippen LogP contribution in [0, 0.1) is 0 Å². The molecule has 0 spiro atoms. The van der Waals surface area contributed by atoms with E-state index in [0.29, 0.717) is 13.1 Å². The molecule has 0 aliphatic carbocycles. The molecule has 6 rings (SSSR count). The molecule has 5 heterocycles. The number of carbonyl (C=O) groups is 1. The highest BCUT2D eigenvalue weighted by molar-refractivity contribution is 5.79. The van der Waals surface area contributed by atoms with E-state index in [4.69, 9.17) is 4.74 Å². The van der Waals surface area contributed by atoms with E-state index in [1.807, 2.05) is 73.6 Å². The number of ether oxygens (including phenoxy) is 1. The molecule has 9 nitrogen and oxygen atoms in total. The van der Waals surface area contributed by atoms with Gasteiger partial charge < -0.3 is 14.5 Å². The number of rotatable bonds is 4. The fourth-order valence-corrected chi connectivity index (χ4v) is 4.73. The van der Waals surface area contributed by atoms with Gasteiger partial charge in [0.2, 0.25) is 0 Å². The molecule has 1 aromatic carbocycles. The van der Waals surface area contributed by atoms with Crippen molar-refractivity contribution in [3.8, 4) is 11.1 Å². The van der Waals surface area contributed by atoms with Crippen LogP contribution in [0.4, 0.5) is 10.5 Å². The van der Waals surface area contributed by atoms with Crippen LogP contribution in [0.1, 0.15) is 18.6 Å². The van der Waals surface area contributed by atoms with E-state index in [0.717, 1.165) is 51.9 Å². The molecule has 1 aliphatic rings. The first-order valence-corrected chi connectivity index (χ1v) is 12.1. The van der Waals surface area contributed by atoms with Gasteiger partial charge in [-0.05, 0) is 36.8 Å². The standard InChI is InChI=1S/C27H27N7O2/c1-19(20-5-7-24-21(14-20)4-3-9-28-24)36-27(35)33-12-10-32(11-13-33)26-16-30-34-18-22(6-8-25(26)34)23-15-29-31(2)17-23/h3-9,14-19H,10-13H2,1-2H3. The molecule has 0 saturated carbocycles. The Balaban J connectivity index is 1.10. The fraction of sp³-hybridized carbons (Fsp3) is 0.259. The van der Waals surface area contributed by atoms with Crippen molar-refractivity contribution in [3.63, 3.8) is 0 Å². The summed E-state index contributed by atoms with van der Waals surface area (Å²) in [5.74, 6) is 0. The van der Waals surface area contributed by atoms with Crippen LogP contribution in [0.15, 0.2) is 73.4 Å². The van der Waals surface area contributed by atoms with Gasteiger partial charge in [-0.2, -0.15) is 10.2 Å². The van der Waals surface area contributed by atoms with Gasteiger partial charge in [0.15, 0.2) is 0 Å². The highest BCUT2D eigenvalue weighted by atomic mass is 16.6. The molecule has 1 amide bonds. The number of nitrogens with zero attached hydrogens (tertiary/aromatic N) is 7. The predicted octanol–water partition coefficient (Wildman–Crippen LogP) is 4.30. The molecule has 9 heteroatoms. The number of aryl methyl sites for hydroxylation is 1. The van der Waals surface area contributed by atoms with Gasteiger partial charge in [0, 0.05) is 68.3 Å². The van der Waals surface area contributed by atoms with Crippen LogP contribution in [-0.2, 0) is 11.8 Å². The molecule has 1 fully saturated rings. The molecular weight excluding hydrogens is 454 g/mol. The van der Waals surface area contributed by atoms with Gasteiger partial charge in [-0.25, -0.2) is 9.31 Å². The maximum atomic E-state index is 12.9. The van der Waals surface area contributed by atoms with Crippen LogP contribution in [0.3, 0.4) is 0 Å². The summed E-state index contributed by atoms with van der Waals surface area (Å²) in [5.41, 5.74) is 6.11. The van der Waals surface area contributed by atoms with Gasteiger partial charge >= 0.3 is 6.09 Å². The molecule has 0 radical (unpaired) electrons. The zero-order valence-electron chi connectivity index (χ0n) is 20.3. The van der Waals surface area contributed by atoms with Gasteiger partial charge in [0.05, 0.1) is 29.1 Å². The van der Waals surface area contributed by atoms with Gasteiger partial charge in [-0.1, -0.05) is 18.2 Å². The lowest BCUT2D eigenvalue weighted by Gasteiger charge is -2.35. The van der Waals surface area contributed by atoms with Crippen LogP contribution in [-0.4, -0.2) is 61.6 Å². The van der Waals surface area contributed by atoms with Crippen molar-refractivity contribution in [1.29, 1.82) is 0 Å². The van der Waals surface area contributed by atoms with Crippen LogP contribution < -0.4 is 4.90 Å². The van der Waals surface area contributed by atoms with Crippen LogP contribution in [0.25, 0.3) is 27.5 Å². The van der Waals surface area contributed by atoms with Gasteiger partial charge in [-0.3, -0.25) is 9.67 Å². The lowest BCUT2D eigenvalue weighted by atomic mass is 10.1. The van der Waals surface area contributed by atoms with Crippen LogP contribution in [0.2, 0.25) is 0 Å². The SMILES string of the molecule is CC(OC(=O)N1CCN(c2cnn3cc(-c4cnn(C)c4)ccc23)CC1)c1ccc2ncccc2c1. The van der Waals surface area contributed by atoms with Gasteiger partial charge in [0.1, 0.15) is 6.10 Å². The zero-order chi connectivity index (χ0) is 24.6. The summed E-state index contributed by atoms with van der Waals surface area (Å²) in [6.45, 7) is 4.54. The maximum absolute atomic E-state index is 12.9. The van der Waals surface area contributed by atoms with Gasteiger partial charge in [0.25, 0.3) is 0 Å². The van der Waals surface area contributed by atoms with Crippen molar-refractivity contribution in [1.82, 2.24) is 29.3 Å². The van der Waals surface area contributed by atoms with Crippen molar-refractivity contribution >= 4 is 28.2 Å². The molecule has 182 valence electrons. The Hall–Kier alpha value is -4.40. The summed E-state index contributed by atoms with van der Waals surface area (Å²) in [6.07, 6.45) is 8.91. The number of hydrogen-bond donors (Lipinski definition) is 0. The third-order valence-electron chi connectivity index (χ3n) is 6.79. The lowest BCUT2D eigenvalue weighted by Crippen LogP contribution is -2.49. The smallest absolute Gasteiger partial charge is 0.410 e. The number of fused-ring (bicyclic) bond motifs is 2. The highest BCUT2D eigenvalue weighted by Gasteiger charge is 2.25. The van der Waals surface area contributed by atoms with Crippen LogP contribution in [0.5, 0.6) is 0 Å². The summed E-state index contributed by atoms with van der Waals surface area (Å²) in [4.78, 5) is 21.3. The average Bonchev–Trinajstić information content (AvgIpc) is 3.54. The number of hydrogen-bond acceptors (Lipinski definition) is 6. The predicted molar refractivity (Wildman–Crippen MR) is 138 cm³/mol. The Morgan fingerprint density at radius 1 is 0.972 bits per heavy atom. The molecule has 1 atom stereocenters. The topological polar surface area (TPSA) is 80.8 Å². The number of pyridine rings is 2. The van der Waals surface area contributed by atoms with E-state index >= 15 is 0 Å². The number of piperazine rings is 1. The largest absolute Gasteiger partial charge is 0.442 e. The van der Waals surface area contributed by atoms with Gasteiger partial charge in [-0.15, -0.1) is 0 Å². The minimum Gasteiger partial charge on any atom is -0.442 e. The van der Waals surface area contributed by atoms with Crippen LogP contribution >= 0.6 is 0 Å². The number of anilines is 1. The Kier molecular flexibility index (Phi) is 5.52. The number of carbonyl (C=O) groups excluding carboxylic acids is 1. The first-order chi connectivity index (χ1) is 17.5. The molecule has 1 aliphatic heterocycles. The third-order valence-corrected chi connectivity index (χ3v) is 6.79. The highest BCUT2D eigenvalue weighted by Crippen LogP contribution is 2.27. The normalized spacial score (nSPS) is 14.9. The monoisotopic (exact) mass is 481 g/mol. The Morgan fingerprint density at radius 3 is 2.64 bits per heavy atom. The second-order valence-corrected chi connectivity index (χ2v) is 9.14. The van der Waals surface area contributed by atoms with Crippen molar-refractivity contribution < 1.29 is 9.53 Å². The summed E-state index contributed by atoms with van der Waals surface area (Å²) >= 11 is 0. The molecule has 0 bridgehead atoms. The van der Waals surface area contributed by atoms with Crippen molar-refractivity contribution in [2.75, 3.05) is 31.1 Å². The summed E-state index contributed by atoms with van der Waals surface area (Å²) in [6, 6.07) is 14.1.